The van der Waals surface area contributed by atoms with Crippen LogP contribution in [-0.2, 0) is 0 Å². The summed E-state index contributed by atoms with van der Waals surface area (Å²) in [6, 6.07) is 0. The summed E-state index contributed by atoms with van der Waals surface area (Å²) in [6.45, 7) is 0.913. The molecule has 0 aliphatic heterocycles. The van der Waals surface area contributed by atoms with Gasteiger partial charge in [0, 0.05) is 13.1 Å². The normalized spacial score (nSPS) is 9.83. The second-order valence-corrected chi connectivity index (χ2v) is 4.19. The molecule has 4 nitrogen and oxygen atoms in total. The third-order valence-electron chi connectivity index (χ3n) is 1.17. The molecule has 0 saturated heterocycles. The van der Waals surface area contributed by atoms with Crippen LogP contribution in [0.3, 0.4) is 0 Å². The molecule has 1 amide bonds. The molecule has 1 rings (SSSR count). The van der Waals surface area contributed by atoms with Gasteiger partial charge in [-0.25, -0.2) is 4.98 Å². The van der Waals surface area contributed by atoms with Gasteiger partial charge in [0.05, 0.1) is 5.51 Å². The van der Waals surface area contributed by atoms with E-state index in [1.54, 1.807) is 5.51 Å². The predicted octanol–water partition coefficient (Wildman–Crippen LogP) is 0.594. The van der Waals surface area contributed by atoms with E-state index in [1.807, 2.05) is 0 Å². The quantitative estimate of drug-likeness (QED) is 0.825. The second kappa shape index (κ2) is 4.54. The Kier molecular flexibility index (Phi) is 3.64. The topological polar surface area (TPSA) is 68.0 Å². The molecule has 0 atom stereocenters. The number of hydrogen-bond donors (Lipinski definition) is 2. The lowest BCUT2D eigenvalue weighted by atomic mass is 10.4. The fourth-order valence-corrected chi connectivity index (χ4v) is 1.69. The Morgan fingerprint density at radius 3 is 3.08 bits per heavy atom. The van der Waals surface area contributed by atoms with Crippen LogP contribution in [0.25, 0.3) is 0 Å². The Morgan fingerprint density at radius 2 is 2.58 bits per heavy atom. The summed E-state index contributed by atoms with van der Waals surface area (Å²) in [5.41, 5.74) is 7.26. The maximum absolute atomic E-state index is 11.2. The minimum Gasteiger partial charge on any atom is -0.349 e. The van der Waals surface area contributed by atoms with Crippen molar-refractivity contribution >= 4 is 33.2 Å². The van der Waals surface area contributed by atoms with Gasteiger partial charge in [0.15, 0.2) is 5.69 Å². The molecule has 0 fully saturated rings. The van der Waals surface area contributed by atoms with E-state index in [-0.39, 0.29) is 5.91 Å². The van der Waals surface area contributed by atoms with Gasteiger partial charge >= 0.3 is 0 Å². The zero-order valence-corrected chi connectivity index (χ0v) is 8.61. The molecule has 3 N–H and O–H groups in total. The van der Waals surface area contributed by atoms with Crippen LogP contribution < -0.4 is 11.1 Å². The Bertz CT molecular complexity index is 276. The highest BCUT2D eigenvalue weighted by Gasteiger charge is 2.11. The molecule has 1 heterocycles. The lowest BCUT2D eigenvalue weighted by Crippen LogP contribution is -2.29. The SMILES string of the molecule is NCCNC(=O)c1ncsc1Br. The Morgan fingerprint density at radius 1 is 1.83 bits per heavy atom. The van der Waals surface area contributed by atoms with Crippen LogP contribution in [0.5, 0.6) is 0 Å². The molecule has 0 bridgehead atoms. The minimum absolute atomic E-state index is 0.187. The van der Waals surface area contributed by atoms with Crippen LogP contribution in [0, 0.1) is 0 Å². The van der Waals surface area contributed by atoms with Gasteiger partial charge in [-0.3, -0.25) is 4.79 Å². The molecule has 0 unspecified atom stereocenters. The van der Waals surface area contributed by atoms with Crippen LogP contribution in [0.4, 0.5) is 0 Å². The van der Waals surface area contributed by atoms with Crippen molar-refractivity contribution in [1.82, 2.24) is 10.3 Å². The standard InChI is InChI=1S/C6H8BrN3OS/c7-5-4(10-3-12-5)6(11)9-2-1-8/h3H,1-2,8H2,(H,9,11). The van der Waals surface area contributed by atoms with E-state index >= 15 is 0 Å². The number of amides is 1. The number of thiazole rings is 1. The van der Waals surface area contributed by atoms with Crippen molar-refractivity contribution in [2.75, 3.05) is 13.1 Å². The monoisotopic (exact) mass is 249 g/mol. The van der Waals surface area contributed by atoms with E-state index in [2.05, 4.69) is 26.2 Å². The van der Waals surface area contributed by atoms with Gasteiger partial charge in [-0.15, -0.1) is 11.3 Å². The van der Waals surface area contributed by atoms with Gasteiger partial charge in [0.1, 0.15) is 3.79 Å². The molecule has 0 aliphatic carbocycles. The van der Waals surface area contributed by atoms with Gasteiger partial charge < -0.3 is 11.1 Å². The first-order valence-corrected chi connectivity index (χ1v) is 5.00. The molecule has 0 radical (unpaired) electrons. The number of carbonyl (C=O) groups excluding carboxylic acids is 1. The summed E-state index contributed by atoms with van der Waals surface area (Å²) in [5.74, 6) is -0.187. The van der Waals surface area contributed by atoms with Gasteiger partial charge in [0.2, 0.25) is 0 Å². The van der Waals surface area contributed by atoms with Gasteiger partial charge in [-0.2, -0.15) is 0 Å². The molecule has 6 heteroatoms. The lowest BCUT2D eigenvalue weighted by Gasteiger charge is -1.99. The molecule has 1 aromatic rings. The Labute approximate surface area is 82.3 Å². The highest BCUT2D eigenvalue weighted by atomic mass is 79.9. The summed E-state index contributed by atoms with van der Waals surface area (Å²) in [6.07, 6.45) is 0. The average molecular weight is 250 g/mol. The van der Waals surface area contributed by atoms with Crippen LogP contribution in [0.1, 0.15) is 10.5 Å². The van der Waals surface area contributed by atoms with Gasteiger partial charge in [0.25, 0.3) is 5.91 Å². The maximum Gasteiger partial charge on any atom is 0.271 e. The van der Waals surface area contributed by atoms with Crippen molar-refractivity contribution in [2.45, 2.75) is 0 Å². The Balaban J connectivity index is 2.59. The molecule has 0 aliphatic rings. The van der Waals surface area contributed by atoms with E-state index in [4.69, 9.17) is 5.73 Å². The van der Waals surface area contributed by atoms with E-state index < -0.39 is 0 Å². The van der Waals surface area contributed by atoms with E-state index in [9.17, 15) is 4.79 Å². The molecular formula is C6H8BrN3OS. The van der Waals surface area contributed by atoms with Gasteiger partial charge in [-0.1, -0.05) is 0 Å². The highest BCUT2D eigenvalue weighted by molar-refractivity contribution is 9.11. The summed E-state index contributed by atoms with van der Waals surface area (Å²) in [4.78, 5) is 15.1. The van der Waals surface area contributed by atoms with E-state index in [0.717, 1.165) is 3.79 Å². The van der Waals surface area contributed by atoms with Crippen molar-refractivity contribution in [3.05, 3.63) is 15.0 Å². The van der Waals surface area contributed by atoms with Crippen LogP contribution in [0.2, 0.25) is 0 Å². The smallest absolute Gasteiger partial charge is 0.271 e. The minimum atomic E-state index is -0.187. The summed E-state index contributed by atoms with van der Waals surface area (Å²) in [7, 11) is 0. The molecule has 12 heavy (non-hydrogen) atoms. The molecule has 0 spiro atoms. The average Bonchev–Trinajstić information content (AvgIpc) is 2.47. The van der Waals surface area contributed by atoms with Crippen LogP contribution in [-0.4, -0.2) is 24.0 Å². The zero-order chi connectivity index (χ0) is 8.97. The fourth-order valence-electron chi connectivity index (χ4n) is 0.649. The first kappa shape index (κ1) is 9.63. The van der Waals surface area contributed by atoms with E-state index in [1.165, 1.54) is 11.3 Å². The number of nitrogens with two attached hydrogens (primary N) is 1. The third kappa shape index (κ3) is 2.26. The molecule has 66 valence electrons. The largest absolute Gasteiger partial charge is 0.349 e. The summed E-state index contributed by atoms with van der Waals surface area (Å²) < 4.78 is 0.747. The molecule has 1 aromatic heterocycles. The van der Waals surface area contributed by atoms with Crippen molar-refractivity contribution in [1.29, 1.82) is 0 Å². The number of hydrogen-bond acceptors (Lipinski definition) is 4. The van der Waals surface area contributed by atoms with Crippen LogP contribution >= 0.6 is 27.3 Å². The molecular weight excluding hydrogens is 242 g/mol. The lowest BCUT2D eigenvalue weighted by molar-refractivity contribution is 0.0950. The number of nitrogens with one attached hydrogen (secondary N) is 1. The first-order chi connectivity index (χ1) is 5.75. The summed E-state index contributed by atoms with van der Waals surface area (Å²) >= 11 is 4.60. The third-order valence-corrected chi connectivity index (χ3v) is 2.72. The van der Waals surface area contributed by atoms with Crippen LogP contribution in [0.15, 0.2) is 9.30 Å². The zero-order valence-electron chi connectivity index (χ0n) is 6.21. The predicted molar refractivity (Wildman–Crippen MR) is 51.2 cm³/mol. The van der Waals surface area contributed by atoms with Crippen molar-refractivity contribution in [3.8, 4) is 0 Å². The number of carbonyl (C=O) groups is 1. The number of nitrogens with zero attached hydrogens (tertiary/aromatic N) is 1. The number of halogens is 1. The highest BCUT2D eigenvalue weighted by Crippen LogP contribution is 2.19. The fraction of sp³-hybridized carbons (Fsp3) is 0.333. The van der Waals surface area contributed by atoms with Crippen molar-refractivity contribution in [3.63, 3.8) is 0 Å². The van der Waals surface area contributed by atoms with Crippen molar-refractivity contribution in [2.24, 2.45) is 5.73 Å². The van der Waals surface area contributed by atoms with Gasteiger partial charge in [-0.05, 0) is 15.9 Å². The Hall–Kier alpha value is -0.460. The molecule has 0 aromatic carbocycles. The van der Waals surface area contributed by atoms with Crippen molar-refractivity contribution < 1.29 is 4.79 Å². The maximum atomic E-state index is 11.2. The second-order valence-electron chi connectivity index (χ2n) is 2.02. The summed E-state index contributed by atoms with van der Waals surface area (Å²) in [5, 5.41) is 2.63. The first-order valence-electron chi connectivity index (χ1n) is 3.33. The molecule has 0 saturated carbocycles. The van der Waals surface area contributed by atoms with E-state index in [0.29, 0.717) is 18.8 Å². The number of rotatable bonds is 3. The number of aromatic nitrogens is 1.